The van der Waals surface area contributed by atoms with Crippen LogP contribution in [0, 0.1) is 11.8 Å². The Morgan fingerprint density at radius 3 is 2.89 bits per heavy atom. The predicted octanol–water partition coefficient (Wildman–Crippen LogP) is 1.69. The summed E-state index contributed by atoms with van der Waals surface area (Å²) in [6.45, 7) is 2.08. The SMILES string of the molecule is CC#CCN1C(=O)CCc2cc(C(=O)O)ccc21. The number of fused-ring (bicyclic) bond motifs is 1. The number of carboxylic acids is 1. The molecule has 18 heavy (non-hydrogen) atoms. The van der Waals surface area contributed by atoms with Gasteiger partial charge in [0.1, 0.15) is 0 Å². The molecule has 0 saturated heterocycles. The van der Waals surface area contributed by atoms with Crippen molar-refractivity contribution in [3.05, 3.63) is 29.3 Å². The summed E-state index contributed by atoms with van der Waals surface area (Å²) in [6.07, 6.45) is 0.993. The molecule has 1 N–H and O–H groups in total. The quantitative estimate of drug-likeness (QED) is 0.804. The molecule has 1 amide bonds. The second kappa shape index (κ2) is 4.92. The Morgan fingerprint density at radius 1 is 1.44 bits per heavy atom. The highest BCUT2D eigenvalue weighted by atomic mass is 16.4. The number of rotatable bonds is 2. The van der Waals surface area contributed by atoms with Gasteiger partial charge in [0.2, 0.25) is 5.91 Å². The lowest BCUT2D eigenvalue weighted by molar-refractivity contribution is -0.118. The summed E-state index contributed by atoms with van der Waals surface area (Å²) in [5.74, 6) is 4.71. The van der Waals surface area contributed by atoms with Crippen LogP contribution in [0.1, 0.15) is 29.3 Å². The summed E-state index contributed by atoms with van der Waals surface area (Å²) >= 11 is 0. The first-order valence-corrected chi connectivity index (χ1v) is 5.69. The minimum absolute atomic E-state index is 0.0355. The first-order chi connectivity index (χ1) is 8.63. The lowest BCUT2D eigenvalue weighted by Gasteiger charge is -2.28. The van der Waals surface area contributed by atoms with Crippen LogP contribution in [0.15, 0.2) is 18.2 Å². The predicted molar refractivity (Wildman–Crippen MR) is 67.5 cm³/mol. The molecule has 1 aliphatic rings. The summed E-state index contributed by atoms with van der Waals surface area (Å²) < 4.78 is 0. The average Bonchev–Trinajstić information content (AvgIpc) is 2.37. The standard InChI is InChI=1S/C14H13NO3/c1-2-3-8-15-12-6-4-11(14(17)18)9-10(12)5-7-13(15)16/h4,6,9H,5,7-8H2,1H3,(H,17,18). The maximum absolute atomic E-state index is 11.8. The van der Waals surface area contributed by atoms with E-state index in [9.17, 15) is 9.59 Å². The summed E-state index contributed by atoms with van der Waals surface area (Å²) in [5.41, 5.74) is 1.93. The van der Waals surface area contributed by atoms with Crippen LogP contribution in [-0.2, 0) is 11.2 Å². The fraction of sp³-hybridized carbons (Fsp3) is 0.286. The van der Waals surface area contributed by atoms with Crippen LogP contribution in [0.25, 0.3) is 0 Å². The maximum atomic E-state index is 11.8. The molecule has 0 bridgehead atoms. The molecule has 0 atom stereocenters. The highest BCUT2D eigenvalue weighted by Crippen LogP contribution is 2.28. The summed E-state index contributed by atoms with van der Waals surface area (Å²) in [5, 5.41) is 8.94. The number of hydrogen-bond donors (Lipinski definition) is 1. The van der Waals surface area contributed by atoms with Crippen molar-refractivity contribution in [2.75, 3.05) is 11.4 Å². The molecule has 4 nitrogen and oxygen atoms in total. The van der Waals surface area contributed by atoms with E-state index >= 15 is 0 Å². The van der Waals surface area contributed by atoms with Gasteiger partial charge in [-0.05, 0) is 37.1 Å². The topological polar surface area (TPSA) is 57.6 Å². The van der Waals surface area contributed by atoms with Crippen molar-refractivity contribution >= 4 is 17.6 Å². The minimum atomic E-state index is -0.949. The van der Waals surface area contributed by atoms with Gasteiger partial charge in [-0.15, -0.1) is 5.92 Å². The smallest absolute Gasteiger partial charge is 0.335 e. The molecule has 0 saturated carbocycles. The van der Waals surface area contributed by atoms with Gasteiger partial charge >= 0.3 is 5.97 Å². The summed E-state index contributed by atoms with van der Waals surface area (Å²) in [7, 11) is 0. The Hall–Kier alpha value is -2.28. The number of carbonyl (C=O) groups excluding carboxylic acids is 1. The zero-order valence-corrected chi connectivity index (χ0v) is 10.1. The second-order valence-electron chi connectivity index (χ2n) is 4.06. The van der Waals surface area contributed by atoms with E-state index in [0.29, 0.717) is 19.4 Å². The molecule has 92 valence electrons. The van der Waals surface area contributed by atoms with E-state index in [1.165, 1.54) is 6.07 Å². The van der Waals surface area contributed by atoms with Gasteiger partial charge in [0.15, 0.2) is 0 Å². The fourth-order valence-electron chi connectivity index (χ4n) is 2.02. The van der Waals surface area contributed by atoms with Crippen molar-refractivity contribution in [1.29, 1.82) is 0 Å². The highest BCUT2D eigenvalue weighted by Gasteiger charge is 2.24. The maximum Gasteiger partial charge on any atom is 0.335 e. The van der Waals surface area contributed by atoms with Gasteiger partial charge in [0.25, 0.3) is 0 Å². The molecule has 4 heteroatoms. The third kappa shape index (κ3) is 2.21. The molecule has 0 radical (unpaired) electrons. The fourth-order valence-corrected chi connectivity index (χ4v) is 2.02. The van der Waals surface area contributed by atoms with E-state index < -0.39 is 5.97 Å². The molecular formula is C14H13NO3. The van der Waals surface area contributed by atoms with Crippen molar-refractivity contribution in [1.82, 2.24) is 0 Å². The molecule has 1 aliphatic heterocycles. The van der Waals surface area contributed by atoms with Crippen LogP contribution in [0.5, 0.6) is 0 Å². The van der Waals surface area contributed by atoms with E-state index in [2.05, 4.69) is 11.8 Å². The van der Waals surface area contributed by atoms with E-state index in [1.807, 2.05) is 0 Å². The number of nitrogens with zero attached hydrogens (tertiary/aromatic N) is 1. The number of amides is 1. The van der Waals surface area contributed by atoms with Crippen molar-refractivity contribution in [2.24, 2.45) is 0 Å². The number of carboxylic acid groups (broad SMARTS) is 1. The van der Waals surface area contributed by atoms with E-state index in [-0.39, 0.29) is 11.5 Å². The minimum Gasteiger partial charge on any atom is -0.478 e. The van der Waals surface area contributed by atoms with Gasteiger partial charge in [-0.2, -0.15) is 0 Å². The van der Waals surface area contributed by atoms with Crippen LogP contribution >= 0.6 is 0 Å². The number of aromatic carboxylic acids is 1. The average molecular weight is 243 g/mol. The Morgan fingerprint density at radius 2 is 2.22 bits per heavy atom. The number of benzene rings is 1. The zero-order chi connectivity index (χ0) is 13.1. The lowest BCUT2D eigenvalue weighted by Crippen LogP contribution is -2.35. The third-order valence-electron chi connectivity index (χ3n) is 2.94. The molecule has 1 heterocycles. The molecule has 0 aliphatic carbocycles. The number of hydrogen-bond acceptors (Lipinski definition) is 2. The Bertz CT molecular complexity index is 566. The summed E-state index contributed by atoms with van der Waals surface area (Å²) in [6, 6.07) is 4.84. The molecule has 2 rings (SSSR count). The third-order valence-corrected chi connectivity index (χ3v) is 2.94. The van der Waals surface area contributed by atoms with Crippen molar-refractivity contribution in [2.45, 2.75) is 19.8 Å². The molecule has 1 aromatic rings. The van der Waals surface area contributed by atoms with Crippen molar-refractivity contribution in [3.8, 4) is 11.8 Å². The van der Waals surface area contributed by atoms with Gasteiger partial charge in [-0.3, -0.25) is 4.79 Å². The Labute approximate surface area is 105 Å². The zero-order valence-electron chi connectivity index (χ0n) is 10.1. The molecule has 0 aromatic heterocycles. The van der Waals surface area contributed by atoms with Gasteiger partial charge in [-0.1, -0.05) is 5.92 Å². The van der Waals surface area contributed by atoms with Crippen LogP contribution in [0.2, 0.25) is 0 Å². The number of anilines is 1. The Balaban J connectivity index is 2.40. The number of carbonyl (C=O) groups is 2. The van der Waals surface area contributed by atoms with E-state index in [4.69, 9.17) is 5.11 Å². The van der Waals surface area contributed by atoms with Crippen molar-refractivity contribution < 1.29 is 14.7 Å². The largest absolute Gasteiger partial charge is 0.478 e. The highest BCUT2D eigenvalue weighted by molar-refractivity contribution is 5.98. The van der Waals surface area contributed by atoms with Crippen LogP contribution < -0.4 is 4.90 Å². The van der Waals surface area contributed by atoms with Crippen LogP contribution in [0.3, 0.4) is 0 Å². The van der Waals surface area contributed by atoms with Crippen LogP contribution in [0.4, 0.5) is 5.69 Å². The molecular weight excluding hydrogens is 230 g/mol. The normalized spacial score (nSPS) is 13.6. The first kappa shape index (κ1) is 12.2. The van der Waals surface area contributed by atoms with Crippen molar-refractivity contribution in [3.63, 3.8) is 0 Å². The monoisotopic (exact) mass is 243 g/mol. The molecule has 0 unspecified atom stereocenters. The lowest BCUT2D eigenvalue weighted by atomic mass is 9.98. The Kier molecular flexibility index (Phi) is 3.33. The van der Waals surface area contributed by atoms with E-state index in [0.717, 1.165) is 11.3 Å². The first-order valence-electron chi connectivity index (χ1n) is 5.69. The van der Waals surface area contributed by atoms with Gasteiger partial charge in [0.05, 0.1) is 12.1 Å². The van der Waals surface area contributed by atoms with Gasteiger partial charge in [0, 0.05) is 12.1 Å². The van der Waals surface area contributed by atoms with Gasteiger partial charge in [-0.25, -0.2) is 4.79 Å². The second-order valence-corrected chi connectivity index (χ2v) is 4.06. The molecule has 1 aromatic carbocycles. The van der Waals surface area contributed by atoms with E-state index in [1.54, 1.807) is 24.0 Å². The molecule has 0 fully saturated rings. The molecule has 0 spiro atoms. The summed E-state index contributed by atoms with van der Waals surface area (Å²) in [4.78, 5) is 24.3. The van der Waals surface area contributed by atoms with Crippen LogP contribution in [-0.4, -0.2) is 23.5 Å². The number of aryl methyl sites for hydroxylation is 1. The van der Waals surface area contributed by atoms with Gasteiger partial charge < -0.3 is 10.0 Å².